The van der Waals surface area contributed by atoms with Gasteiger partial charge in [0.1, 0.15) is 11.4 Å². The van der Waals surface area contributed by atoms with Gasteiger partial charge in [0.15, 0.2) is 0 Å². The zero-order chi connectivity index (χ0) is 18.8. The Hall–Kier alpha value is -3.17. The highest BCUT2D eigenvalue weighted by Gasteiger charge is 2.17. The average Bonchev–Trinajstić information content (AvgIpc) is 2.60. The standard InChI is InChI=1S/C19H12ClFN2O3/c20-13-3-1-11(2-4-13)9-23-10-15(19(25)26)18(24)14-8-16(21)12(5-6-22)7-17(14)23/h1-4,7-8,10H,5,9H2,(H,25,26). The summed E-state index contributed by atoms with van der Waals surface area (Å²) >= 11 is 5.87. The van der Waals surface area contributed by atoms with Crippen LogP contribution in [0.15, 0.2) is 47.4 Å². The number of carboxylic acids is 1. The Bertz CT molecular complexity index is 1110. The average molecular weight is 371 g/mol. The molecule has 0 saturated heterocycles. The molecule has 0 aliphatic rings. The van der Waals surface area contributed by atoms with Gasteiger partial charge in [-0.25, -0.2) is 9.18 Å². The monoisotopic (exact) mass is 370 g/mol. The molecule has 0 fully saturated rings. The number of fused-ring (bicyclic) bond motifs is 1. The molecule has 0 radical (unpaired) electrons. The second kappa shape index (κ2) is 6.98. The predicted molar refractivity (Wildman–Crippen MR) is 95.0 cm³/mol. The normalized spacial score (nSPS) is 10.7. The Morgan fingerprint density at radius 1 is 1.27 bits per heavy atom. The van der Waals surface area contributed by atoms with E-state index in [2.05, 4.69) is 0 Å². The number of benzene rings is 2. The summed E-state index contributed by atoms with van der Waals surface area (Å²) in [6.45, 7) is 0.256. The maximum absolute atomic E-state index is 14.2. The summed E-state index contributed by atoms with van der Waals surface area (Å²) in [5, 5.41) is 18.7. The van der Waals surface area contributed by atoms with Gasteiger partial charge in [-0.2, -0.15) is 5.26 Å². The molecule has 0 aliphatic heterocycles. The van der Waals surface area contributed by atoms with Gasteiger partial charge in [0.25, 0.3) is 0 Å². The summed E-state index contributed by atoms with van der Waals surface area (Å²) in [5.41, 5.74) is 0.122. The summed E-state index contributed by atoms with van der Waals surface area (Å²) in [6.07, 6.45) is 1.08. The minimum absolute atomic E-state index is 0.0435. The molecule has 7 heteroatoms. The van der Waals surface area contributed by atoms with E-state index in [1.54, 1.807) is 28.8 Å². The molecule has 2 aromatic carbocycles. The van der Waals surface area contributed by atoms with Gasteiger partial charge in [0.05, 0.1) is 18.0 Å². The van der Waals surface area contributed by atoms with Gasteiger partial charge < -0.3 is 9.67 Å². The zero-order valence-electron chi connectivity index (χ0n) is 13.4. The van der Waals surface area contributed by atoms with E-state index >= 15 is 0 Å². The van der Waals surface area contributed by atoms with Crippen molar-refractivity contribution in [3.63, 3.8) is 0 Å². The highest BCUT2D eigenvalue weighted by Crippen LogP contribution is 2.20. The lowest BCUT2D eigenvalue weighted by molar-refractivity contribution is 0.0695. The molecular weight excluding hydrogens is 359 g/mol. The van der Waals surface area contributed by atoms with E-state index in [0.717, 1.165) is 11.6 Å². The van der Waals surface area contributed by atoms with Gasteiger partial charge in [0.2, 0.25) is 5.43 Å². The van der Waals surface area contributed by atoms with Crippen molar-refractivity contribution in [3.8, 4) is 6.07 Å². The van der Waals surface area contributed by atoms with Crippen LogP contribution in [0.4, 0.5) is 4.39 Å². The second-order valence-electron chi connectivity index (χ2n) is 5.73. The predicted octanol–water partition coefficient (Wildman–Crippen LogP) is 3.61. The van der Waals surface area contributed by atoms with E-state index in [-0.39, 0.29) is 23.9 Å². The molecule has 0 amide bonds. The Labute approximate surface area is 152 Å². The fraction of sp³-hybridized carbons (Fsp3) is 0.105. The summed E-state index contributed by atoms with van der Waals surface area (Å²) < 4.78 is 15.7. The lowest BCUT2D eigenvalue weighted by Crippen LogP contribution is -2.19. The number of aromatic nitrogens is 1. The van der Waals surface area contributed by atoms with Crippen molar-refractivity contribution in [1.29, 1.82) is 5.26 Å². The lowest BCUT2D eigenvalue weighted by atomic mass is 10.1. The van der Waals surface area contributed by atoms with Crippen molar-refractivity contribution in [2.75, 3.05) is 0 Å². The van der Waals surface area contributed by atoms with Crippen LogP contribution in [0.1, 0.15) is 21.5 Å². The van der Waals surface area contributed by atoms with Crippen LogP contribution in [0, 0.1) is 17.1 Å². The van der Waals surface area contributed by atoms with E-state index in [1.165, 1.54) is 12.3 Å². The molecule has 0 bridgehead atoms. The van der Waals surface area contributed by atoms with Crippen LogP contribution in [0.5, 0.6) is 0 Å². The maximum atomic E-state index is 14.2. The molecule has 0 unspecified atom stereocenters. The van der Waals surface area contributed by atoms with Crippen LogP contribution in [0.2, 0.25) is 5.02 Å². The fourth-order valence-corrected chi connectivity index (χ4v) is 2.87. The Balaban J connectivity index is 2.27. The van der Waals surface area contributed by atoms with Crippen LogP contribution in [-0.2, 0) is 13.0 Å². The van der Waals surface area contributed by atoms with Crippen molar-refractivity contribution in [3.05, 3.63) is 80.3 Å². The first-order valence-corrected chi connectivity index (χ1v) is 7.98. The van der Waals surface area contributed by atoms with Crippen LogP contribution < -0.4 is 5.43 Å². The molecule has 26 heavy (non-hydrogen) atoms. The smallest absolute Gasteiger partial charge is 0.341 e. The summed E-state index contributed by atoms with van der Waals surface area (Å²) in [5.74, 6) is -2.10. The number of hydrogen-bond acceptors (Lipinski definition) is 3. The third-order valence-electron chi connectivity index (χ3n) is 4.01. The van der Waals surface area contributed by atoms with Gasteiger partial charge in [-0.15, -0.1) is 0 Å². The number of halogens is 2. The number of rotatable bonds is 4. The first-order valence-electron chi connectivity index (χ1n) is 7.61. The molecule has 1 N–H and O–H groups in total. The highest BCUT2D eigenvalue weighted by atomic mass is 35.5. The second-order valence-corrected chi connectivity index (χ2v) is 6.16. The largest absolute Gasteiger partial charge is 0.477 e. The van der Waals surface area contributed by atoms with E-state index < -0.39 is 22.8 Å². The lowest BCUT2D eigenvalue weighted by Gasteiger charge is -2.14. The van der Waals surface area contributed by atoms with E-state index in [4.69, 9.17) is 16.9 Å². The van der Waals surface area contributed by atoms with Crippen molar-refractivity contribution >= 4 is 28.5 Å². The topological polar surface area (TPSA) is 83.1 Å². The number of nitriles is 1. The summed E-state index contributed by atoms with van der Waals surface area (Å²) in [6, 6.07) is 11.2. The molecule has 3 rings (SSSR count). The maximum Gasteiger partial charge on any atom is 0.341 e. The quantitative estimate of drug-likeness (QED) is 0.760. The van der Waals surface area contributed by atoms with Crippen LogP contribution in [-0.4, -0.2) is 15.6 Å². The van der Waals surface area contributed by atoms with Crippen molar-refractivity contribution in [1.82, 2.24) is 4.57 Å². The van der Waals surface area contributed by atoms with Gasteiger partial charge in [0, 0.05) is 28.7 Å². The molecule has 5 nitrogen and oxygen atoms in total. The fourth-order valence-electron chi connectivity index (χ4n) is 2.74. The summed E-state index contributed by atoms with van der Waals surface area (Å²) in [4.78, 5) is 23.8. The van der Waals surface area contributed by atoms with E-state index in [1.807, 2.05) is 6.07 Å². The molecule has 0 atom stereocenters. The number of hydrogen-bond donors (Lipinski definition) is 1. The van der Waals surface area contributed by atoms with Crippen molar-refractivity contribution in [2.24, 2.45) is 0 Å². The molecular formula is C19H12ClFN2O3. The van der Waals surface area contributed by atoms with Crippen LogP contribution >= 0.6 is 11.6 Å². The summed E-state index contributed by atoms with van der Waals surface area (Å²) in [7, 11) is 0. The number of carbonyl (C=O) groups is 1. The molecule has 1 heterocycles. The van der Waals surface area contributed by atoms with E-state index in [9.17, 15) is 19.1 Å². The van der Waals surface area contributed by atoms with Crippen LogP contribution in [0.25, 0.3) is 10.9 Å². The third-order valence-corrected chi connectivity index (χ3v) is 4.27. The molecule has 130 valence electrons. The van der Waals surface area contributed by atoms with Gasteiger partial charge >= 0.3 is 5.97 Å². The third kappa shape index (κ3) is 3.30. The molecule has 1 aromatic heterocycles. The van der Waals surface area contributed by atoms with Crippen molar-refractivity contribution < 1.29 is 14.3 Å². The van der Waals surface area contributed by atoms with Crippen molar-refractivity contribution in [2.45, 2.75) is 13.0 Å². The molecule has 0 saturated carbocycles. The number of carboxylic acid groups (broad SMARTS) is 1. The number of nitrogens with zero attached hydrogens (tertiary/aromatic N) is 2. The Morgan fingerprint density at radius 2 is 1.96 bits per heavy atom. The van der Waals surface area contributed by atoms with Crippen LogP contribution in [0.3, 0.4) is 0 Å². The van der Waals surface area contributed by atoms with Gasteiger partial charge in [-0.3, -0.25) is 4.79 Å². The number of pyridine rings is 1. The zero-order valence-corrected chi connectivity index (χ0v) is 14.1. The SMILES string of the molecule is N#CCc1cc2c(cc1F)c(=O)c(C(=O)O)cn2Cc1ccc(Cl)cc1. The first kappa shape index (κ1) is 17.6. The highest BCUT2D eigenvalue weighted by molar-refractivity contribution is 6.30. The molecule has 3 aromatic rings. The van der Waals surface area contributed by atoms with Gasteiger partial charge in [-0.1, -0.05) is 23.7 Å². The minimum atomic E-state index is -1.39. The van der Waals surface area contributed by atoms with Gasteiger partial charge in [-0.05, 0) is 29.8 Å². The van der Waals surface area contributed by atoms with E-state index in [0.29, 0.717) is 10.5 Å². The Kier molecular flexibility index (Phi) is 4.74. The Morgan fingerprint density at radius 3 is 2.58 bits per heavy atom. The molecule has 0 spiro atoms. The first-order chi connectivity index (χ1) is 12.4. The minimum Gasteiger partial charge on any atom is -0.477 e. The molecule has 0 aliphatic carbocycles. The number of aromatic carboxylic acids is 1.